The molecule has 4 unspecified atom stereocenters. The second kappa shape index (κ2) is 4.36. The van der Waals surface area contributed by atoms with Crippen LogP contribution >= 0.6 is 0 Å². The third-order valence-electron chi connectivity index (χ3n) is 3.92. The number of nitrogens with zero attached hydrogens (tertiary/aromatic N) is 5. The molecule has 22 heavy (non-hydrogen) atoms. The monoisotopic (exact) mass is 306 g/mol. The summed E-state index contributed by atoms with van der Waals surface area (Å²) < 4.78 is 6.74. The molecule has 2 aromatic rings. The Morgan fingerprint density at radius 3 is 2.68 bits per heavy atom. The fourth-order valence-electron chi connectivity index (χ4n) is 2.84. The van der Waals surface area contributed by atoms with Gasteiger partial charge in [-0.15, -0.1) is 0 Å². The van der Waals surface area contributed by atoms with Crippen molar-refractivity contribution in [1.82, 2.24) is 14.5 Å². The van der Waals surface area contributed by atoms with E-state index in [1.165, 1.54) is 15.9 Å². The van der Waals surface area contributed by atoms with Crippen molar-refractivity contribution in [3.63, 3.8) is 0 Å². The molecule has 0 bridgehead atoms. The Hall–Kier alpha value is -2.27. The summed E-state index contributed by atoms with van der Waals surface area (Å²) in [5.74, 6) is 0.851. The van der Waals surface area contributed by atoms with E-state index in [2.05, 4.69) is 15.1 Å². The molecule has 4 heterocycles. The smallest absolute Gasteiger partial charge is 0.186 e. The molecule has 0 radical (unpaired) electrons. The van der Waals surface area contributed by atoms with Crippen molar-refractivity contribution in [2.24, 2.45) is 10.8 Å². The van der Waals surface area contributed by atoms with Crippen LogP contribution in [0.2, 0.25) is 0 Å². The normalized spacial score (nSPS) is 30.9. The van der Waals surface area contributed by atoms with Crippen LogP contribution in [0.4, 0.5) is 5.82 Å². The van der Waals surface area contributed by atoms with E-state index in [1.54, 1.807) is 13.2 Å². The van der Waals surface area contributed by atoms with Gasteiger partial charge in [0, 0.05) is 18.8 Å². The number of aliphatic hydroxyl groups excluding tert-OH is 3. The number of hydrogen-bond donors (Lipinski definition) is 4. The van der Waals surface area contributed by atoms with Crippen molar-refractivity contribution in [1.29, 1.82) is 0 Å². The molecule has 1 saturated heterocycles. The molecule has 4 atom stereocenters. The number of anilines is 1. The number of aromatic nitrogens is 3. The molecule has 2 aliphatic rings. The van der Waals surface area contributed by atoms with Crippen molar-refractivity contribution in [2.45, 2.75) is 24.7 Å². The zero-order valence-electron chi connectivity index (χ0n) is 11.5. The van der Waals surface area contributed by atoms with Crippen LogP contribution in [0.1, 0.15) is 11.8 Å². The minimum absolute atomic E-state index is 0.280. The van der Waals surface area contributed by atoms with E-state index in [9.17, 15) is 15.3 Å². The zero-order chi connectivity index (χ0) is 15.6. The van der Waals surface area contributed by atoms with E-state index in [-0.39, 0.29) is 5.84 Å². The van der Waals surface area contributed by atoms with E-state index in [4.69, 9.17) is 10.5 Å². The maximum absolute atomic E-state index is 10.1. The van der Waals surface area contributed by atoms with Crippen LogP contribution in [0.25, 0.3) is 11.0 Å². The number of nitrogens with two attached hydrogens (primary N) is 1. The quantitative estimate of drug-likeness (QED) is 0.477. The Labute approximate surface area is 124 Å². The van der Waals surface area contributed by atoms with Gasteiger partial charge in [0.05, 0.1) is 5.39 Å². The Morgan fingerprint density at radius 2 is 2.00 bits per heavy atom. The summed E-state index contributed by atoms with van der Waals surface area (Å²) in [5.41, 5.74) is 7.01. The SMILES string of the molecule is CN1N=C(N)c2cn(C3OC(O)C(O)C3O)c3ncnc1c23. The van der Waals surface area contributed by atoms with E-state index >= 15 is 0 Å². The third-order valence-corrected chi connectivity index (χ3v) is 3.92. The van der Waals surface area contributed by atoms with Gasteiger partial charge in [0.25, 0.3) is 0 Å². The molecule has 10 nitrogen and oxygen atoms in total. The Bertz CT molecular complexity index is 789. The second-order valence-corrected chi connectivity index (χ2v) is 5.25. The van der Waals surface area contributed by atoms with Crippen molar-refractivity contribution < 1.29 is 20.1 Å². The first-order valence-electron chi connectivity index (χ1n) is 6.62. The summed E-state index contributed by atoms with van der Waals surface area (Å²) >= 11 is 0. The molecule has 2 aromatic heterocycles. The van der Waals surface area contributed by atoms with Gasteiger partial charge >= 0.3 is 0 Å². The summed E-state index contributed by atoms with van der Waals surface area (Å²) in [4.78, 5) is 8.38. The van der Waals surface area contributed by atoms with Crippen molar-refractivity contribution in [2.75, 3.05) is 12.1 Å². The molecule has 5 N–H and O–H groups in total. The van der Waals surface area contributed by atoms with Crippen LogP contribution in [-0.4, -0.2) is 61.2 Å². The lowest BCUT2D eigenvalue weighted by Crippen LogP contribution is -2.31. The minimum atomic E-state index is -1.47. The average molecular weight is 306 g/mol. The summed E-state index contributed by atoms with van der Waals surface area (Å²) in [7, 11) is 1.71. The topological polar surface area (TPSA) is 142 Å². The molecule has 2 aliphatic heterocycles. The Kier molecular flexibility index (Phi) is 2.66. The number of rotatable bonds is 1. The summed E-state index contributed by atoms with van der Waals surface area (Å²) in [6, 6.07) is 0. The van der Waals surface area contributed by atoms with Gasteiger partial charge in [-0.1, -0.05) is 0 Å². The molecule has 0 saturated carbocycles. The number of amidine groups is 1. The molecular weight excluding hydrogens is 292 g/mol. The Morgan fingerprint density at radius 1 is 1.23 bits per heavy atom. The van der Waals surface area contributed by atoms with Crippen LogP contribution in [0.3, 0.4) is 0 Å². The lowest BCUT2D eigenvalue weighted by atomic mass is 10.2. The average Bonchev–Trinajstić information content (AvgIpc) is 2.99. The van der Waals surface area contributed by atoms with Gasteiger partial charge < -0.3 is 30.4 Å². The third kappa shape index (κ3) is 1.60. The van der Waals surface area contributed by atoms with Gasteiger partial charge in [0.15, 0.2) is 24.2 Å². The van der Waals surface area contributed by atoms with Gasteiger partial charge in [0.1, 0.15) is 24.2 Å². The second-order valence-electron chi connectivity index (χ2n) is 5.25. The van der Waals surface area contributed by atoms with Crippen LogP contribution in [0.5, 0.6) is 0 Å². The zero-order valence-corrected chi connectivity index (χ0v) is 11.5. The van der Waals surface area contributed by atoms with Crippen molar-refractivity contribution in [3.05, 3.63) is 18.1 Å². The van der Waals surface area contributed by atoms with E-state index in [1.807, 2.05) is 0 Å². The fraction of sp³-hybridized carbons (Fsp3) is 0.417. The molecule has 0 spiro atoms. The predicted molar refractivity (Wildman–Crippen MR) is 74.8 cm³/mol. The maximum Gasteiger partial charge on any atom is 0.186 e. The molecule has 4 rings (SSSR count). The number of hydrogen-bond acceptors (Lipinski definition) is 9. The highest BCUT2D eigenvalue weighted by Crippen LogP contribution is 2.36. The molecule has 0 amide bonds. The lowest BCUT2D eigenvalue weighted by Gasteiger charge is -2.18. The van der Waals surface area contributed by atoms with Crippen molar-refractivity contribution in [3.8, 4) is 0 Å². The lowest BCUT2D eigenvalue weighted by molar-refractivity contribution is -0.140. The van der Waals surface area contributed by atoms with Gasteiger partial charge in [-0.3, -0.25) is 0 Å². The van der Waals surface area contributed by atoms with Crippen LogP contribution in [0.15, 0.2) is 17.6 Å². The number of aliphatic hydroxyl groups is 3. The highest BCUT2D eigenvalue weighted by atomic mass is 16.7. The summed E-state index contributed by atoms with van der Waals surface area (Å²) in [6.07, 6.45) is -2.17. The summed E-state index contributed by atoms with van der Waals surface area (Å²) in [5, 5.41) is 35.6. The first-order chi connectivity index (χ1) is 10.5. The van der Waals surface area contributed by atoms with Gasteiger partial charge in [-0.25, -0.2) is 15.0 Å². The molecule has 0 aromatic carbocycles. The molecule has 1 fully saturated rings. The predicted octanol–water partition coefficient (Wildman–Crippen LogP) is -1.93. The van der Waals surface area contributed by atoms with Gasteiger partial charge in [-0.05, 0) is 0 Å². The van der Waals surface area contributed by atoms with Gasteiger partial charge in [0.2, 0.25) is 0 Å². The van der Waals surface area contributed by atoms with Crippen LogP contribution in [-0.2, 0) is 4.74 Å². The molecule has 10 heteroatoms. The maximum atomic E-state index is 10.1. The molecule has 116 valence electrons. The van der Waals surface area contributed by atoms with Crippen molar-refractivity contribution >= 4 is 22.7 Å². The number of ether oxygens (including phenoxy) is 1. The highest BCUT2D eigenvalue weighted by Gasteiger charge is 2.44. The van der Waals surface area contributed by atoms with E-state index < -0.39 is 24.7 Å². The largest absolute Gasteiger partial charge is 0.385 e. The molecule has 0 aliphatic carbocycles. The molecular formula is C12H14N6O4. The highest BCUT2D eigenvalue weighted by molar-refractivity contribution is 6.13. The number of hydrazone groups is 1. The first-order valence-corrected chi connectivity index (χ1v) is 6.62. The first kappa shape index (κ1) is 13.4. The minimum Gasteiger partial charge on any atom is -0.385 e. The standard InChI is InChI=1S/C12H14N6O4/c1-17-9-5-4(8(13)16-17)2-18(10(5)15-3-14-9)11-6(19)7(20)12(21)22-11/h2-3,6-7,11-12,19-21H,1H3,(H2,13,16). The van der Waals surface area contributed by atoms with Crippen LogP contribution in [0, 0.1) is 0 Å². The van der Waals surface area contributed by atoms with Gasteiger partial charge in [-0.2, -0.15) is 5.10 Å². The van der Waals surface area contributed by atoms with E-state index in [0.29, 0.717) is 22.4 Å². The van der Waals surface area contributed by atoms with E-state index in [0.717, 1.165) is 0 Å². The van der Waals surface area contributed by atoms with Crippen LogP contribution < -0.4 is 10.7 Å². The fourth-order valence-corrected chi connectivity index (χ4v) is 2.84. The summed E-state index contributed by atoms with van der Waals surface area (Å²) in [6.45, 7) is 0. The Balaban J connectivity index is 1.94.